The largest absolute Gasteiger partial charge is 0.379 e. The summed E-state index contributed by atoms with van der Waals surface area (Å²) in [5.74, 6) is -0.524. The van der Waals surface area contributed by atoms with Gasteiger partial charge in [0.25, 0.3) is 11.8 Å². The fourth-order valence-corrected chi connectivity index (χ4v) is 3.39. The highest BCUT2D eigenvalue weighted by Crippen LogP contribution is 2.21. The van der Waals surface area contributed by atoms with Crippen LogP contribution < -0.4 is 0 Å². The van der Waals surface area contributed by atoms with Crippen LogP contribution in [-0.2, 0) is 23.7 Å². The van der Waals surface area contributed by atoms with Gasteiger partial charge in [0.15, 0.2) is 0 Å². The average molecular weight is 466 g/mol. The van der Waals surface area contributed by atoms with Gasteiger partial charge in [-0.05, 0) is 18.6 Å². The van der Waals surface area contributed by atoms with E-state index in [1.807, 2.05) is 0 Å². The van der Waals surface area contributed by atoms with Gasteiger partial charge in [0.05, 0.1) is 77.1 Å². The quantitative estimate of drug-likeness (QED) is 0.203. The summed E-state index contributed by atoms with van der Waals surface area (Å²) >= 11 is 0. The minimum absolute atomic E-state index is 0.236. The third-order valence-electron chi connectivity index (χ3n) is 5.22. The molecule has 186 valence electrons. The maximum atomic E-state index is 12.2. The van der Waals surface area contributed by atoms with Crippen LogP contribution in [0.25, 0.3) is 0 Å². The molecule has 1 aliphatic heterocycles. The number of hydrogen-bond donors (Lipinski definition) is 0. The van der Waals surface area contributed by atoms with E-state index in [1.165, 1.54) is 30.6 Å². The van der Waals surface area contributed by atoms with Crippen molar-refractivity contribution in [3.05, 3.63) is 35.4 Å². The summed E-state index contributed by atoms with van der Waals surface area (Å²) in [4.78, 5) is 25.7. The van der Waals surface area contributed by atoms with Gasteiger partial charge in [-0.1, -0.05) is 44.7 Å². The molecule has 0 radical (unpaired) electrons. The normalized spacial score (nSPS) is 13.2. The fraction of sp³-hybridized carbons (Fsp3) is 0.680. The van der Waals surface area contributed by atoms with E-state index < -0.39 is 0 Å². The van der Waals surface area contributed by atoms with Crippen LogP contribution in [0.3, 0.4) is 0 Å². The van der Waals surface area contributed by atoms with E-state index in [0.29, 0.717) is 64.0 Å². The lowest BCUT2D eigenvalue weighted by Gasteiger charge is -2.13. The molecule has 0 N–H and O–H groups in total. The lowest BCUT2D eigenvalue weighted by Crippen LogP contribution is -2.33. The first-order valence-corrected chi connectivity index (χ1v) is 12.1. The Balaban J connectivity index is 1.30. The van der Waals surface area contributed by atoms with Gasteiger partial charge in [0.2, 0.25) is 0 Å². The number of imide groups is 1. The fourth-order valence-electron chi connectivity index (χ4n) is 3.39. The molecule has 1 heterocycles. The topological polar surface area (TPSA) is 83.5 Å². The van der Waals surface area contributed by atoms with Crippen molar-refractivity contribution in [1.29, 1.82) is 0 Å². The van der Waals surface area contributed by atoms with Gasteiger partial charge >= 0.3 is 0 Å². The van der Waals surface area contributed by atoms with Gasteiger partial charge in [0.1, 0.15) is 0 Å². The van der Waals surface area contributed by atoms with Crippen LogP contribution in [0.5, 0.6) is 0 Å². The molecule has 2 amide bonds. The maximum Gasteiger partial charge on any atom is 0.261 e. The number of hydrogen-bond acceptors (Lipinski definition) is 7. The molecule has 1 aromatic rings. The smallest absolute Gasteiger partial charge is 0.261 e. The molecule has 1 aliphatic rings. The van der Waals surface area contributed by atoms with E-state index in [-0.39, 0.29) is 25.0 Å². The van der Waals surface area contributed by atoms with Gasteiger partial charge in [-0.25, -0.2) is 0 Å². The molecular formula is C25H39NO7. The first kappa shape index (κ1) is 27.4. The molecule has 0 unspecified atom stereocenters. The second-order valence-electron chi connectivity index (χ2n) is 7.78. The van der Waals surface area contributed by atoms with Crippen LogP contribution in [0.4, 0.5) is 0 Å². The minimum atomic E-state index is -0.262. The molecule has 1 aromatic carbocycles. The third kappa shape index (κ3) is 10.8. The predicted molar refractivity (Wildman–Crippen MR) is 125 cm³/mol. The number of amides is 2. The molecule has 33 heavy (non-hydrogen) atoms. The molecule has 0 bridgehead atoms. The zero-order valence-electron chi connectivity index (χ0n) is 19.9. The van der Waals surface area contributed by atoms with Gasteiger partial charge in [-0.2, -0.15) is 0 Å². The van der Waals surface area contributed by atoms with Crippen molar-refractivity contribution >= 4 is 11.8 Å². The van der Waals surface area contributed by atoms with Gasteiger partial charge in [-0.3, -0.25) is 14.5 Å². The van der Waals surface area contributed by atoms with Crippen molar-refractivity contribution in [3.8, 4) is 0 Å². The molecule has 8 nitrogen and oxygen atoms in total. The Labute approximate surface area is 197 Å². The Bertz CT molecular complexity index is 647. The molecule has 8 heteroatoms. The lowest BCUT2D eigenvalue weighted by molar-refractivity contribution is -0.0119. The number of nitrogens with zero attached hydrogens (tertiary/aromatic N) is 1. The number of benzene rings is 1. The monoisotopic (exact) mass is 465 g/mol. The molecule has 0 aromatic heterocycles. The van der Waals surface area contributed by atoms with Crippen LogP contribution in [0, 0.1) is 0 Å². The van der Waals surface area contributed by atoms with E-state index in [4.69, 9.17) is 23.7 Å². The van der Waals surface area contributed by atoms with Gasteiger partial charge < -0.3 is 23.7 Å². The van der Waals surface area contributed by atoms with Gasteiger partial charge in [-0.15, -0.1) is 0 Å². The number of ether oxygens (including phenoxy) is 5. The number of rotatable bonds is 21. The van der Waals surface area contributed by atoms with Crippen molar-refractivity contribution in [2.45, 2.75) is 39.0 Å². The first-order chi connectivity index (χ1) is 16.3. The van der Waals surface area contributed by atoms with E-state index in [9.17, 15) is 9.59 Å². The minimum Gasteiger partial charge on any atom is -0.379 e. The standard InChI is InChI=1S/C25H39NO7/c1-2-3-4-5-8-12-29-14-16-31-18-20-33-21-19-32-17-15-30-13-11-26-24(27)22-9-6-7-10-23(22)25(26)28/h6-7,9-10H,2-5,8,11-21H2,1H3. The molecule has 0 saturated heterocycles. The Hall–Kier alpha value is -1.84. The SMILES string of the molecule is CCCCCCCOCCOCCOCCOCCOCCN1C(=O)c2ccccc2C1=O. The molecule has 2 rings (SSSR count). The Morgan fingerprint density at radius 3 is 1.48 bits per heavy atom. The van der Waals surface area contributed by atoms with Crippen molar-refractivity contribution in [2.75, 3.05) is 72.6 Å². The van der Waals surface area contributed by atoms with E-state index in [1.54, 1.807) is 24.3 Å². The molecule has 0 aliphatic carbocycles. The summed E-state index contributed by atoms with van der Waals surface area (Å²) in [6.45, 7) is 7.62. The van der Waals surface area contributed by atoms with Crippen LogP contribution in [-0.4, -0.2) is 89.3 Å². The molecule has 0 fully saturated rings. The van der Waals surface area contributed by atoms with Crippen LogP contribution in [0.15, 0.2) is 24.3 Å². The maximum absolute atomic E-state index is 12.2. The highest BCUT2D eigenvalue weighted by atomic mass is 16.6. The summed E-state index contributed by atoms with van der Waals surface area (Å²) in [5, 5.41) is 0. The average Bonchev–Trinajstić information content (AvgIpc) is 3.07. The summed E-state index contributed by atoms with van der Waals surface area (Å²) in [7, 11) is 0. The van der Waals surface area contributed by atoms with E-state index in [2.05, 4.69) is 6.92 Å². The predicted octanol–water partition coefficient (Wildman–Crippen LogP) is 3.34. The number of carbonyl (C=O) groups excluding carboxylic acids is 2. The second-order valence-corrected chi connectivity index (χ2v) is 7.78. The molecular weight excluding hydrogens is 426 g/mol. The van der Waals surface area contributed by atoms with Crippen LogP contribution >= 0.6 is 0 Å². The Morgan fingerprint density at radius 2 is 1.00 bits per heavy atom. The number of unbranched alkanes of at least 4 members (excludes halogenated alkanes) is 4. The van der Waals surface area contributed by atoms with Crippen molar-refractivity contribution in [1.82, 2.24) is 4.90 Å². The first-order valence-electron chi connectivity index (χ1n) is 12.1. The Morgan fingerprint density at radius 1 is 0.576 bits per heavy atom. The highest BCUT2D eigenvalue weighted by molar-refractivity contribution is 6.21. The molecule has 0 saturated carbocycles. The number of carbonyl (C=O) groups is 2. The summed E-state index contributed by atoms with van der Waals surface area (Å²) in [6, 6.07) is 6.85. The molecule has 0 atom stereocenters. The van der Waals surface area contributed by atoms with Crippen molar-refractivity contribution < 1.29 is 33.3 Å². The second kappa shape index (κ2) is 17.6. The van der Waals surface area contributed by atoms with Gasteiger partial charge in [0, 0.05) is 6.61 Å². The van der Waals surface area contributed by atoms with Crippen molar-refractivity contribution in [3.63, 3.8) is 0 Å². The lowest BCUT2D eigenvalue weighted by atomic mass is 10.1. The Kier molecular flexibility index (Phi) is 14.6. The highest BCUT2D eigenvalue weighted by Gasteiger charge is 2.34. The zero-order valence-corrected chi connectivity index (χ0v) is 19.9. The molecule has 0 spiro atoms. The zero-order chi connectivity index (χ0) is 23.6. The number of fused-ring (bicyclic) bond motifs is 1. The van der Waals surface area contributed by atoms with Crippen LogP contribution in [0.2, 0.25) is 0 Å². The van der Waals surface area contributed by atoms with Crippen molar-refractivity contribution in [2.24, 2.45) is 0 Å². The third-order valence-corrected chi connectivity index (χ3v) is 5.22. The summed E-state index contributed by atoms with van der Waals surface area (Å²) in [5.41, 5.74) is 0.912. The van der Waals surface area contributed by atoms with Crippen LogP contribution in [0.1, 0.15) is 59.7 Å². The van der Waals surface area contributed by atoms with E-state index >= 15 is 0 Å². The summed E-state index contributed by atoms with van der Waals surface area (Å²) in [6.07, 6.45) is 6.24. The van der Waals surface area contributed by atoms with E-state index in [0.717, 1.165) is 13.0 Å². The summed E-state index contributed by atoms with van der Waals surface area (Å²) < 4.78 is 27.4.